The quantitative estimate of drug-likeness (QED) is 0.446. The molecule has 2 fully saturated rings. The van der Waals surface area contributed by atoms with E-state index in [0.717, 1.165) is 44.5 Å². The number of hydrogen-bond donors (Lipinski definition) is 0. The van der Waals surface area contributed by atoms with Crippen LogP contribution in [0.2, 0.25) is 0 Å². The highest BCUT2D eigenvalue weighted by Crippen LogP contribution is 2.41. The molecule has 0 amide bonds. The van der Waals surface area contributed by atoms with Crippen LogP contribution < -0.4 is 0 Å². The van der Waals surface area contributed by atoms with Crippen LogP contribution in [0.15, 0.2) is 23.5 Å². The average molecular weight is 292 g/mol. The highest BCUT2D eigenvalue weighted by Gasteiger charge is 2.47. The maximum absolute atomic E-state index is 11.9. The fourth-order valence-corrected chi connectivity index (χ4v) is 3.24. The van der Waals surface area contributed by atoms with Gasteiger partial charge in [-0.1, -0.05) is 6.08 Å². The summed E-state index contributed by atoms with van der Waals surface area (Å²) in [5.74, 6) is 1.42. The molecule has 4 nitrogen and oxygen atoms in total. The minimum Gasteiger partial charge on any atom is -0.480 e. The fourth-order valence-electron chi connectivity index (χ4n) is 3.24. The van der Waals surface area contributed by atoms with Crippen LogP contribution in [-0.4, -0.2) is 30.9 Å². The van der Waals surface area contributed by atoms with E-state index in [0.29, 0.717) is 11.5 Å². The van der Waals surface area contributed by atoms with Gasteiger partial charge in [-0.15, -0.1) is 0 Å². The fraction of sp³-hybridized carbons (Fsp3) is 0.706. The van der Waals surface area contributed by atoms with E-state index in [1.807, 2.05) is 6.92 Å². The summed E-state index contributed by atoms with van der Waals surface area (Å²) in [4.78, 5) is 11.9. The van der Waals surface area contributed by atoms with E-state index >= 15 is 0 Å². The molecule has 0 aromatic rings. The van der Waals surface area contributed by atoms with Crippen LogP contribution in [0.3, 0.4) is 0 Å². The van der Waals surface area contributed by atoms with Crippen molar-refractivity contribution in [2.75, 3.05) is 6.61 Å². The van der Waals surface area contributed by atoms with Gasteiger partial charge in [0, 0.05) is 12.2 Å². The molecule has 116 valence electrons. The monoisotopic (exact) mass is 292 g/mol. The Balaban J connectivity index is 1.64. The van der Waals surface area contributed by atoms with Crippen molar-refractivity contribution in [1.29, 1.82) is 0 Å². The molecule has 0 saturated carbocycles. The van der Waals surface area contributed by atoms with Gasteiger partial charge in [-0.05, 0) is 57.9 Å². The number of epoxide rings is 1. The molecule has 2 heterocycles. The Morgan fingerprint density at radius 3 is 3.00 bits per heavy atom. The Labute approximate surface area is 126 Å². The molecule has 21 heavy (non-hydrogen) atoms. The summed E-state index contributed by atoms with van der Waals surface area (Å²) in [5.41, 5.74) is 0.679. The molecular formula is C17H24O4. The average Bonchev–Trinajstić information content (AvgIpc) is 3.10. The summed E-state index contributed by atoms with van der Waals surface area (Å²) in [7, 11) is 0. The Kier molecular flexibility index (Phi) is 4.34. The molecule has 1 aliphatic carbocycles. The van der Waals surface area contributed by atoms with Crippen LogP contribution in [0.5, 0.6) is 0 Å². The highest BCUT2D eigenvalue weighted by molar-refractivity contribution is 5.87. The molecule has 3 rings (SSSR count). The van der Waals surface area contributed by atoms with Gasteiger partial charge in [0.2, 0.25) is 0 Å². The second-order valence-corrected chi connectivity index (χ2v) is 6.18. The van der Waals surface area contributed by atoms with Crippen LogP contribution in [0.4, 0.5) is 0 Å². The molecule has 4 atom stereocenters. The van der Waals surface area contributed by atoms with Gasteiger partial charge in [-0.25, -0.2) is 4.79 Å². The van der Waals surface area contributed by atoms with Crippen molar-refractivity contribution >= 4 is 5.97 Å². The number of fused-ring (bicyclic) bond motifs is 3. The lowest BCUT2D eigenvalue weighted by molar-refractivity contribution is -0.145. The van der Waals surface area contributed by atoms with E-state index in [4.69, 9.17) is 14.2 Å². The molecule has 0 bridgehead atoms. The maximum atomic E-state index is 11.9. The van der Waals surface area contributed by atoms with Crippen LogP contribution in [0.1, 0.15) is 46.0 Å². The van der Waals surface area contributed by atoms with Crippen molar-refractivity contribution in [3.63, 3.8) is 0 Å². The van der Waals surface area contributed by atoms with Crippen LogP contribution >= 0.6 is 0 Å². The van der Waals surface area contributed by atoms with Crippen LogP contribution in [0, 0.1) is 5.92 Å². The molecule has 0 radical (unpaired) electrons. The van der Waals surface area contributed by atoms with Crippen LogP contribution in [0.25, 0.3) is 0 Å². The number of hydrogen-bond acceptors (Lipinski definition) is 4. The second-order valence-electron chi connectivity index (χ2n) is 6.18. The third kappa shape index (κ3) is 3.31. The first kappa shape index (κ1) is 14.6. The van der Waals surface area contributed by atoms with Gasteiger partial charge < -0.3 is 14.2 Å². The Bertz CT molecular complexity index is 465. The number of carbonyl (C=O) groups excluding carboxylic acids is 1. The van der Waals surface area contributed by atoms with Crippen molar-refractivity contribution < 1.29 is 19.0 Å². The van der Waals surface area contributed by atoms with Gasteiger partial charge in [0.15, 0.2) is 6.10 Å². The standard InChI is InChI=1S/C17H24O4/c1-3-11(2)17(18)20-13-5-4-6-14-16(21-14)15-12(7-8-13)9-10-19-15/h3,6,12-13,15-16H,4-5,7-10H2,1-2H3/b11-3+,14-6+. The Morgan fingerprint density at radius 1 is 1.33 bits per heavy atom. The SMILES string of the molecule is C/C=C(\C)C(=O)OC1CC/C=C2/OC2C2OCCC2CC1. The summed E-state index contributed by atoms with van der Waals surface area (Å²) >= 11 is 0. The Hall–Kier alpha value is -1.29. The van der Waals surface area contributed by atoms with Crippen molar-refractivity contribution in [2.45, 2.75) is 64.3 Å². The van der Waals surface area contributed by atoms with Gasteiger partial charge in [-0.3, -0.25) is 0 Å². The minimum absolute atomic E-state index is 0.000741. The van der Waals surface area contributed by atoms with Gasteiger partial charge in [0.05, 0.1) is 0 Å². The van der Waals surface area contributed by atoms with E-state index < -0.39 is 0 Å². The van der Waals surface area contributed by atoms with Crippen LogP contribution in [-0.2, 0) is 19.0 Å². The van der Waals surface area contributed by atoms with E-state index in [9.17, 15) is 4.79 Å². The summed E-state index contributed by atoms with van der Waals surface area (Å²) in [5, 5.41) is 0. The first-order chi connectivity index (χ1) is 10.2. The largest absolute Gasteiger partial charge is 0.480 e. The Morgan fingerprint density at radius 2 is 2.19 bits per heavy atom. The summed E-state index contributed by atoms with van der Waals surface area (Å²) < 4.78 is 17.1. The zero-order chi connectivity index (χ0) is 14.8. The zero-order valence-corrected chi connectivity index (χ0v) is 12.8. The molecule has 0 aromatic heterocycles. The highest BCUT2D eigenvalue weighted by atomic mass is 16.6. The van der Waals surface area contributed by atoms with E-state index in [1.54, 1.807) is 13.0 Å². The van der Waals surface area contributed by atoms with E-state index in [2.05, 4.69) is 6.08 Å². The molecule has 0 aromatic carbocycles. The normalized spacial score (nSPS) is 38.4. The van der Waals surface area contributed by atoms with Gasteiger partial charge in [-0.2, -0.15) is 0 Å². The molecule has 4 heteroatoms. The number of rotatable bonds is 2. The van der Waals surface area contributed by atoms with Crippen molar-refractivity contribution in [2.24, 2.45) is 5.92 Å². The maximum Gasteiger partial charge on any atom is 0.333 e. The number of allylic oxidation sites excluding steroid dienone is 2. The predicted molar refractivity (Wildman–Crippen MR) is 78.6 cm³/mol. The minimum atomic E-state index is -0.188. The third-order valence-corrected chi connectivity index (χ3v) is 4.77. The first-order valence-electron chi connectivity index (χ1n) is 8.01. The molecule has 2 aliphatic heterocycles. The number of ether oxygens (including phenoxy) is 3. The van der Waals surface area contributed by atoms with Crippen molar-refractivity contribution in [3.8, 4) is 0 Å². The zero-order valence-electron chi connectivity index (χ0n) is 12.8. The first-order valence-corrected chi connectivity index (χ1v) is 8.01. The topological polar surface area (TPSA) is 48.1 Å². The lowest BCUT2D eigenvalue weighted by Crippen LogP contribution is -2.26. The van der Waals surface area contributed by atoms with Crippen molar-refractivity contribution in [3.05, 3.63) is 23.5 Å². The second kappa shape index (κ2) is 6.22. The molecule has 2 saturated heterocycles. The summed E-state index contributed by atoms with van der Waals surface area (Å²) in [6.07, 6.45) is 9.17. The van der Waals surface area contributed by atoms with E-state index in [-0.39, 0.29) is 24.3 Å². The van der Waals surface area contributed by atoms with Gasteiger partial charge in [0.1, 0.15) is 18.0 Å². The third-order valence-electron chi connectivity index (χ3n) is 4.77. The summed E-state index contributed by atoms with van der Waals surface area (Å²) in [6.45, 7) is 4.48. The molecule has 3 aliphatic rings. The number of carbonyl (C=O) groups is 1. The lowest BCUT2D eigenvalue weighted by atomic mass is 9.90. The molecule has 4 unspecified atom stereocenters. The lowest BCUT2D eigenvalue weighted by Gasteiger charge is -2.21. The van der Waals surface area contributed by atoms with Gasteiger partial charge in [0.25, 0.3) is 0 Å². The van der Waals surface area contributed by atoms with E-state index in [1.165, 1.54) is 0 Å². The van der Waals surface area contributed by atoms with Crippen molar-refractivity contribution in [1.82, 2.24) is 0 Å². The molecule has 0 N–H and O–H groups in total. The van der Waals surface area contributed by atoms with Gasteiger partial charge >= 0.3 is 5.97 Å². The molecular weight excluding hydrogens is 268 g/mol. The smallest absolute Gasteiger partial charge is 0.333 e. The predicted octanol–water partition coefficient (Wildman–Crippen LogP) is 3.13. The number of esters is 1. The molecule has 0 spiro atoms. The summed E-state index contributed by atoms with van der Waals surface area (Å²) in [6, 6.07) is 0.